The van der Waals surface area contributed by atoms with Crippen LogP contribution >= 0.6 is 11.3 Å². The number of rotatable bonds is 6. The van der Waals surface area contributed by atoms with E-state index < -0.39 is 5.82 Å². The van der Waals surface area contributed by atoms with Crippen LogP contribution in [0, 0.1) is 12.7 Å². The van der Waals surface area contributed by atoms with Gasteiger partial charge in [0.2, 0.25) is 5.91 Å². The van der Waals surface area contributed by atoms with Gasteiger partial charge < -0.3 is 10.1 Å². The van der Waals surface area contributed by atoms with Crippen molar-refractivity contribution in [2.45, 2.75) is 19.9 Å². The second-order valence-corrected chi connectivity index (χ2v) is 6.03. The van der Waals surface area contributed by atoms with Crippen molar-refractivity contribution in [2.24, 2.45) is 0 Å². The van der Waals surface area contributed by atoms with Crippen LogP contribution in [0.5, 0.6) is 5.75 Å². The van der Waals surface area contributed by atoms with Crippen molar-refractivity contribution in [2.75, 3.05) is 6.61 Å². The molecule has 0 aliphatic heterocycles. The van der Waals surface area contributed by atoms with Gasteiger partial charge in [-0.2, -0.15) is 0 Å². The van der Waals surface area contributed by atoms with E-state index in [0.717, 1.165) is 9.88 Å². The molecule has 0 aliphatic carbocycles. The summed E-state index contributed by atoms with van der Waals surface area (Å²) < 4.78 is 18.7. The van der Waals surface area contributed by atoms with Crippen LogP contribution in [0.1, 0.15) is 16.8 Å². The number of amides is 1. The minimum atomic E-state index is -0.415. The number of hydrogen-bond donors (Lipinski definition) is 1. The van der Waals surface area contributed by atoms with Gasteiger partial charge in [-0.15, -0.1) is 11.3 Å². The summed E-state index contributed by atoms with van der Waals surface area (Å²) >= 11 is 1.51. The summed E-state index contributed by atoms with van der Waals surface area (Å²) in [7, 11) is 0. The number of nitrogens with one attached hydrogen (secondary N) is 1. The molecule has 1 amide bonds. The predicted molar refractivity (Wildman–Crippen MR) is 85.4 cm³/mol. The molecule has 1 heterocycles. The molecule has 1 N–H and O–H groups in total. The Morgan fingerprint density at radius 2 is 2.27 bits per heavy atom. The molecule has 1 atom stereocenters. The highest BCUT2D eigenvalue weighted by molar-refractivity contribution is 7.12. The number of benzene rings is 1. The van der Waals surface area contributed by atoms with Gasteiger partial charge in [0, 0.05) is 17.2 Å². The average molecular weight is 320 g/mol. The number of halogens is 1. The lowest BCUT2D eigenvalue weighted by Gasteiger charge is -2.14. The molecule has 2 rings (SSSR count). The van der Waals surface area contributed by atoms with Crippen LogP contribution in [0.15, 0.2) is 36.5 Å². The molecule has 4 nitrogen and oxygen atoms in total. The molecule has 6 heteroatoms. The van der Waals surface area contributed by atoms with E-state index in [-0.39, 0.29) is 24.3 Å². The monoisotopic (exact) mass is 320 g/mol. The number of ether oxygens (including phenoxy) is 1. The number of carbonyl (C=O) groups excluding carboxylic acids is 1. The SMILES string of the molecule is Cc1ncc(/C=C\C(=O)N[C@@H](C)COc2ccccc2F)s1. The van der Waals surface area contributed by atoms with Crippen molar-refractivity contribution < 1.29 is 13.9 Å². The number of aryl methyl sites for hydroxylation is 1. The Balaban J connectivity index is 1.79. The van der Waals surface area contributed by atoms with Gasteiger partial charge in [-0.3, -0.25) is 4.79 Å². The van der Waals surface area contributed by atoms with Gasteiger partial charge in [-0.1, -0.05) is 12.1 Å². The molecule has 1 aromatic heterocycles. The Hall–Kier alpha value is -2.21. The molecule has 22 heavy (non-hydrogen) atoms. The Bertz CT molecular complexity index is 670. The predicted octanol–water partition coefficient (Wildman–Crippen LogP) is 3.19. The largest absolute Gasteiger partial charge is 0.488 e. The van der Waals surface area contributed by atoms with Crippen LogP contribution in [0.2, 0.25) is 0 Å². The Morgan fingerprint density at radius 3 is 2.95 bits per heavy atom. The molecule has 0 aliphatic rings. The van der Waals surface area contributed by atoms with E-state index in [2.05, 4.69) is 10.3 Å². The maximum atomic E-state index is 13.4. The van der Waals surface area contributed by atoms with Crippen molar-refractivity contribution in [3.8, 4) is 5.75 Å². The summed E-state index contributed by atoms with van der Waals surface area (Å²) in [6.07, 6.45) is 4.88. The van der Waals surface area contributed by atoms with E-state index >= 15 is 0 Å². The summed E-state index contributed by atoms with van der Waals surface area (Å²) in [6.45, 7) is 3.90. The third-order valence-electron chi connectivity index (χ3n) is 2.75. The average Bonchev–Trinajstić information content (AvgIpc) is 2.90. The standard InChI is InChI=1S/C16H17FN2O2S/c1-11(10-21-15-6-4-3-5-14(15)17)19-16(20)8-7-13-9-18-12(2)22-13/h3-9,11H,10H2,1-2H3,(H,19,20)/b8-7-/t11-/m0/s1. The first kappa shape index (κ1) is 16.2. The molecule has 0 bridgehead atoms. The zero-order valence-corrected chi connectivity index (χ0v) is 13.2. The third-order valence-corrected chi connectivity index (χ3v) is 3.63. The van der Waals surface area contributed by atoms with E-state index in [0.29, 0.717) is 0 Å². The lowest BCUT2D eigenvalue weighted by Crippen LogP contribution is -2.35. The van der Waals surface area contributed by atoms with Crippen LogP contribution in [0.25, 0.3) is 6.08 Å². The molecule has 116 valence electrons. The summed E-state index contributed by atoms with van der Waals surface area (Å²) in [4.78, 5) is 16.8. The van der Waals surface area contributed by atoms with Crippen LogP contribution < -0.4 is 10.1 Å². The van der Waals surface area contributed by atoms with E-state index in [9.17, 15) is 9.18 Å². The number of thiazole rings is 1. The Morgan fingerprint density at radius 1 is 1.50 bits per heavy atom. The summed E-state index contributed by atoms with van der Waals surface area (Å²) in [5.74, 6) is -0.462. The number of hydrogen-bond acceptors (Lipinski definition) is 4. The molecule has 0 fully saturated rings. The maximum absolute atomic E-state index is 13.4. The lowest BCUT2D eigenvalue weighted by molar-refractivity contribution is -0.117. The van der Waals surface area contributed by atoms with Gasteiger partial charge in [0.05, 0.1) is 11.0 Å². The molecular formula is C16H17FN2O2S. The normalized spacial score (nSPS) is 12.3. The van der Waals surface area contributed by atoms with Gasteiger partial charge in [-0.05, 0) is 32.1 Å². The van der Waals surface area contributed by atoms with Crippen LogP contribution in [-0.4, -0.2) is 23.5 Å². The molecule has 0 spiro atoms. The number of nitrogens with zero attached hydrogens (tertiary/aromatic N) is 1. The Labute approximate surface area is 132 Å². The third kappa shape index (κ3) is 4.96. The Kier molecular flexibility index (Phi) is 5.66. The lowest BCUT2D eigenvalue weighted by atomic mass is 10.3. The molecule has 1 aromatic carbocycles. The number of aromatic nitrogens is 1. The molecule has 0 unspecified atom stereocenters. The zero-order chi connectivity index (χ0) is 15.9. The van der Waals surface area contributed by atoms with E-state index in [1.807, 2.05) is 6.92 Å². The minimum Gasteiger partial charge on any atom is -0.488 e. The van der Waals surface area contributed by atoms with E-state index in [1.165, 1.54) is 23.5 Å². The second-order valence-electron chi connectivity index (χ2n) is 4.77. The van der Waals surface area contributed by atoms with Crippen molar-refractivity contribution in [1.29, 1.82) is 0 Å². The summed E-state index contributed by atoms with van der Waals surface area (Å²) in [6, 6.07) is 5.94. The fourth-order valence-corrected chi connectivity index (χ4v) is 2.41. The number of carbonyl (C=O) groups is 1. The van der Waals surface area contributed by atoms with Crippen LogP contribution in [0.4, 0.5) is 4.39 Å². The first-order chi connectivity index (χ1) is 10.5. The van der Waals surface area contributed by atoms with Gasteiger partial charge in [0.25, 0.3) is 0 Å². The van der Waals surface area contributed by atoms with E-state index in [4.69, 9.17) is 4.74 Å². The topological polar surface area (TPSA) is 51.2 Å². The second kappa shape index (κ2) is 7.70. The quantitative estimate of drug-likeness (QED) is 0.832. The molecule has 0 radical (unpaired) electrons. The highest BCUT2D eigenvalue weighted by Crippen LogP contribution is 2.15. The molecule has 2 aromatic rings. The van der Waals surface area contributed by atoms with Gasteiger partial charge in [-0.25, -0.2) is 9.37 Å². The van der Waals surface area contributed by atoms with Gasteiger partial charge >= 0.3 is 0 Å². The van der Waals surface area contributed by atoms with Gasteiger partial charge in [0.1, 0.15) is 6.61 Å². The molecule has 0 saturated carbocycles. The fraction of sp³-hybridized carbons (Fsp3) is 0.250. The van der Waals surface area contributed by atoms with Crippen LogP contribution in [0.3, 0.4) is 0 Å². The van der Waals surface area contributed by atoms with Crippen molar-refractivity contribution in [3.05, 3.63) is 52.2 Å². The van der Waals surface area contributed by atoms with Crippen molar-refractivity contribution in [1.82, 2.24) is 10.3 Å². The fourth-order valence-electron chi connectivity index (χ4n) is 1.72. The summed E-state index contributed by atoms with van der Waals surface area (Å²) in [5.41, 5.74) is 0. The first-order valence-electron chi connectivity index (χ1n) is 6.83. The van der Waals surface area contributed by atoms with Crippen molar-refractivity contribution >= 4 is 23.3 Å². The smallest absolute Gasteiger partial charge is 0.244 e. The van der Waals surface area contributed by atoms with Crippen molar-refractivity contribution in [3.63, 3.8) is 0 Å². The summed E-state index contributed by atoms with van der Waals surface area (Å²) in [5, 5.41) is 3.71. The van der Waals surface area contributed by atoms with Crippen LogP contribution in [-0.2, 0) is 4.79 Å². The molecular weight excluding hydrogens is 303 g/mol. The first-order valence-corrected chi connectivity index (χ1v) is 7.64. The maximum Gasteiger partial charge on any atom is 0.244 e. The highest BCUT2D eigenvalue weighted by atomic mass is 32.1. The number of para-hydroxylation sites is 1. The highest BCUT2D eigenvalue weighted by Gasteiger charge is 2.08. The van der Waals surface area contributed by atoms with E-state index in [1.54, 1.807) is 37.4 Å². The zero-order valence-electron chi connectivity index (χ0n) is 12.4. The minimum absolute atomic E-state index is 0.180. The molecule has 0 saturated heterocycles. The van der Waals surface area contributed by atoms with Gasteiger partial charge in [0.15, 0.2) is 11.6 Å².